The molecule has 1 aromatic rings. The minimum absolute atomic E-state index is 0.129. The van der Waals surface area contributed by atoms with Crippen molar-refractivity contribution in [2.75, 3.05) is 25.2 Å². The molecule has 0 amide bonds. The molecule has 0 radical (unpaired) electrons. The fraction of sp³-hybridized carbons (Fsp3) is 0.625. The highest BCUT2D eigenvalue weighted by atomic mass is 16.5. The Morgan fingerprint density at radius 2 is 2.21 bits per heavy atom. The summed E-state index contributed by atoms with van der Waals surface area (Å²) < 4.78 is 5.31. The molecule has 1 atom stereocenters. The van der Waals surface area contributed by atoms with E-state index in [9.17, 15) is 0 Å². The number of rotatable bonds is 4. The standard InChI is InChI=1S/C16H25NO2/c1-16(2)12-13(8-10-18)7-9-17(16)14-5-4-6-15(11-14)19-3/h4-6,11,13,18H,7-10,12H2,1-3H3. The van der Waals surface area contributed by atoms with E-state index in [1.54, 1.807) is 7.11 Å². The Morgan fingerprint density at radius 1 is 1.42 bits per heavy atom. The van der Waals surface area contributed by atoms with Gasteiger partial charge in [-0.05, 0) is 51.2 Å². The van der Waals surface area contributed by atoms with E-state index >= 15 is 0 Å². The molecule has 0 bridgehead atoms. The maximum Gasteiger partial charge on any atom is 0.120 e. The van der Waals surface area contributed by atoms with Crippen molar-refractivity contribution in [3.8, 4) is 5.75 Å². The van der Waals surface area contributed by atoms with E-state index in [0.29, 0.717) is 12.5 Å². The Bertz CT molecular complexity index is 417. The van der Waals surface area contributed by atoms with Crippen molar-refractivity contribution >= 4 is 5.69 Å². The van der Waals surface area contributed by atoms with E-state index in [-0.39, 0.29) is 5.54 Å². The summed E-state index contributed by atoms with van der Waals surface area (Å²) in [5.41, 5.74) is 1.36. The zero-order valence-corrected chi connectivity index (χ0v) is 12.2. The third-order valence-corrected chi connectivity index (χ3v) is 4.18. The van der Waals surface area contributed by atoms with Gasteiger partial charge in [-0.15, -0.1) is 0 Å². The van der Waals surface area contributed by atoms with E-state index in [1.165, 1.54) is 5.69 Å². The molecular formula is C16H25NO2. The fourth-order valence-electron chi connectivity index (χ4n) is 3.22. The first-order valence-corrected chi connectivity index (χ1v) is 7.09. The number of ether oxygens (including phenoxy) is 1. The topological polar surface area (TPSA) is 32.7 Å². The Hall–Kier alpha value is -1.22. The van der Waals surface area contributed by atoms with Crippen molar-refractivity contribution in [2.45, 2.75) is 38.6 Å². The number of aliphatic hydroxyl groups excluding tert-OH is 1. The molecule has 0 spiro atoms. The average molecular weight is 263 g/mol. The SMILES string of the molecule is COc1cccc(N2CCC(CCO)CC2(C)C)c1. The number of anilines is 1. The van der Waals surface area contributed by atoms with Crippen LogP contribution in [0.3, 0.4) is 0 Å². The molecule has 1 aliphatic heterocycles. The van der Waals surface area contributed by atoms with Gasteiger partial charge in [0.05, 0.1) is 7.11 Å². The molecule has 0 saturated carbocycles. The Morgan fingerprint density at radius 3 is 2.84 bits per heavy atom. The molecule has 1 aromatic carbocycles. The summed E-state index contributed by atoms with van der Waals surface area (Å²) in [5.74, 6) is 1.55. The first kappa shape index (κ1) is 14.2. The monoisotopic (exact) mass is 263 g/mol. The number of nitrogens with zero attached hydrogens (tertiary/aromatic N) is 1. The van der Waals surface area contributed by atoms with Crippen LogP contribution in [0.1, 0.15) is 33.1 Å². The van der Waals surface area contributed by atoms with Gasteiger partial charge in [0.25, 0.3) is 0 Å². The van der Waals surface area contributed by atoms with E-state index in [0.717, 1.165) is 31.6 Å². The van der Waals surface area contributed by atoms with Crippen LogP contribution in [0.5, 0.6) is 5.75 Å². The Balaban J connectivity index is 2.16. The molecule has 2 rings (SSSR count). The van der Waals surface area contributed by atoms with Gasteiger partial charge in [-0.1, -0.05) is 6.07 Å². The van der Waals surface area contributed by atoms with Gasteiger partial charge in [0.1, 0.15) is 5.75 Å². The summed E-state index contributed by atoms with van der Waals surface area (Å²) >= 11 is 0. The summed E-state index contributed by atoms with van der Waals surface area (Å²) in [6, 6.07) is 8.28. The quantitative estimate of drug-likeness (QED) is 0.906. The average Bonchev–Trinajstić information content (AvgIpc) is 2.38. The van der Waals surface area contributed by atoms with Gasteiger partial charge in [-0.2, -0.15) is 0 Å². The lowest BCUT2D eigenvalue weighted by Gasteiger charge is -2.47. The first-order chi connectivity index (χ1) is 9.06. The summed E-state index contributed by atoms with van der Waals surface area (Å²) in [5, 5.41) is 9.11. The predicted molar refractivity (Wildman–Crippen MR) is 78.8 cm³/mol. The Kier molecular flexibility index (Phi) is 4.35. The van der Waals surface area contributed by atoms with Gasteiger partial charge in [0.2, 0.25) is 0 Å². The van der Waals surface area contributed by atoms with E-state index in [4.69, 9.17) is 9.84 Å². The van der Waals surface area contributed by atoms with Gasteiger partial charge < -0.3 is 14.7 Å². The van der Waals surface area contributed by atoms with Gasteiger partial charge in [-0.25, -0.2) is 0 Å². The van der Waals surface area contributed by atoms with E-state index < -0.39 is 0 Å². The number of piperidine rings is 1. The van der Waals surface area contributed by atoms with E-state index in [2.05, 4.69) is 30.9 Å². The van der Waals surface area contributed by atoms with Gasteiger partial charge >= 0.3 is 0 Å². The zero-order valence-electron chi connectivity index (χ0n) is 12.2. The van der Waals surface area contributed by atoms with E-state index in [1.807, 2.05) is 12.1 Å². The van der Waals surface area contributed by atoms with Gasteiger partial charge in [0.15, 0.2) is 0 Å². The molecule has 3 heteroatoms. The number of hydrogen-bond donors (Lipinski definition) is 1. The van der Waals surface area contributed by atoms with Gasteiger partial charge in [-0.3, -0.25) is 0 Å². The highest BCUT2D eigenvalue weighted by Gasteiger charge is 2.34. The van der Waals surface area contributed by atoms with Crippen molar-refractivity contribution in [1.82, 2.24) is 0 Å². The zero-order chi connectivity index (χ0) is 13.9. The van der Waals surface area contributed by atoms with Crippen LogP contribution in [0, 0.1) is 5.92 Å². The predicted octanol–water partition coefficient (Wildman–Crippen LogP) is 3.07. The van der Waals surface area contributed by atoms with Crippen LogP contribution in [0.4, 0.5) is 5.69 Å². The first-order valence-electron chi connectivity index (χ1n) is 7.09. The van der Waals surface area contributed by atoms with Crippen LogP contribution in [0.25, 0.3) is 0 Å². The van der Waals surface area contributed by atoms with Crippen molar-refractivity contribution in [3.63, 3.8) is 0 Å². The summed E-state index contributed by atoms with van der Waals surface area (Å²) in [7, 11) is 1.71. The van der Waals surface area contributed by atoms with Crippen LogP contribution in [0.15, 0.2) is 24.3 Å². The van der Waals surface area contributed by atoms with Crippen LogP contribution in [-0.4, -0.2) is 30.9 Å². The molecule has 1 saturated heterocycles. The number of aliphatic hydroxyl groups is 1. The molecule has 1 heterocycles. The van der Waals surface area contributed by atoms with Gasteiger partial charge in [0, 0.05) is 30.4 Å². The minimum atomic E-state index is 0.129. The lowest BCUT2D eigenvalue weighted by atomic mass is 9.81. The number of methoxy groups -OCH3 is 1. The summed E-state index contributed by atoms with van der Waals surface area (Å²) in [6.45, 7) is 5.93. The van der Waals surface area contributed by atoms with Crippen molar-refractivity contribution in [3.05, 3.63) is 24.3 Å². The van der Waals surface area contributed by atoms with Crippen LogP contribution in [-0.2, 0) is 0 Å². The van der Waals surface area contributed by atoms with Crippen molar-refractivity contribution in [1.29, 1.82) is 0 Å². The molecule has 0 aliphatic carbocycles. The highest BCUT2D eigenvalue weighted by molar-refractivity contribution is 5.53. The molecule has 1 fully saturated rings. The number of hydrogen-bond acceptors (Lipinski definition) is 3. The van der Waals surface area contributed by atoms with Crippen LogP contribution >= 0.6 is 0 Å². The molecule has 19 heavy (non-hydrogen) atoms. The normalized spacial score (nSPS) is 22.3. The second kappa shape index (κ2) is 5.83. The molecule has 1 aliphatic rings. The second-order valence-corrected chi connectivity index (χ2v) is 6.04. The molecule has 1 N–H and O–H groups in total. The summed E-state index contributed by atoms with van der Waals surface area (Å²) in [4.78, 5) is 2.46. The fourth-order valence-corrected chi connectivity index (χ4v) is 3.22. The van der Waals surface area contributed by atoms with Crippen LogP contribution < -0.4 is 9.64 Å². The largest absolute Gasteiger partial charge is 0.497 e. The molecule has 106 valence electrons. The Labute approximate surface area is 116 Å². The smallest absolute Gasteiger partial charge is 0.120 e. The molecule has 1 unspecified atom stereocenters. The highest BCUT2D eigenvalue weighted by Crippen LogP contribution is 2.37. The lowest BCUT2D eigenvalue weighted by Crippen LogP contribution is -2.50. The molecule has 0 aromatic heterocycles. The minimum Gasteiger partial charge on any atom is -0.497 e. The van der Waals surface area contributed by atoms with Crippen molar-refractivity contribution < 1.29 is 9.84 Å². The third-order valence-electron chi connectivity index (χ3n) is 4.18. The third kappa shape index (κ3) is 3.21. The maximum absolute atomic E-state index is 9.11. The maximum atomic E-state index is 9.11. The second-order valence-electron chi connectivity index (χ2n) is 6.04. The van der Waals surface area contributed by atoms with Crippen molar-refractivity contribution in [2.24, 2.45) is 5.92 Å². The van der Waals surface area contributed by atoms with Crippen LogP contribution in [0.2, 0.25) is 0 Å². The summed E-state index contributed by atoms with van der Waals surface area (Å²) in [6.07, 6.45) is 3.21. The molecular weight excluding hydrogens is 238 g/mol. The lowest BCUT2D eigenvalue weighted by molar-refractivity contribution is 0.205. The number of benzene rings is 1. The molecule has 3 nitrogen and oxygen atoms in total.